The smallest absolute Gasteiger partial charge is 0.289 e. The zero-order valence-electron chi connectivity index (χ0n) is 15.3. The van der Waals surface area contributed by atoms with Crippen LogP contribution in [-0.2, 0) is 10.0 Å². The van der Waals surface area contributed by atoms with Crippen LogP contribution in [0, 0.1) is 0 Å². The van der Waals surface area contributed by atoms with Crippen LogP contribution in [0.2, 0.25) is 5.02 Å². The van der Waals surface area contributed by atoms with Crippen molar-refractivity contribution >= 4 is 33.1 Å². The lowest BCUT2D eigenvalue weighted by atomic mass is 10.0. The van der Waals surface area contributed by atoms with Gasteiger partial charge in [0.05, 0.1) is 10.6 Å². The summed E-state index contributed by atoms with van der Waals surface area (Å²) in [6.45, 7) is -1.80. The molecular formula is C21H15ClF3NO3S. The molecule has 0 saturated heterocycles. The van der Waals surface area contributed by atoms with Gasteiger partial charge in [0.1, 0.15) is 6.54 Å². The fourth-order valence-electron chi connectivity index (χ4n) is 2.83. The predicted molar refractivity (Wildman–Crippen MR) is 108 cm³/mol. The van der Waals surface area contributed by atoms with E-state index in [-0.39, 0.29) is 25.4 Å². The largest absolute Gasteiger partial charge is 0.407 e. The second kappa shape index (κ2) is 8.49. The summed E-state index contributed by atoms with van der Waals surface area (Å²) in [5, 5.41) is 0.0853. The molecule has 0 unspecified atom stereocenters. The van der Waals surface area contributed by atoms with Gasteiger partial charge in [0.25, 0.3) is 10.0 Å². The third kappa shape index (κ3) is 4.83. The van der Waals surface area contributed by atoms with Crippen molar-refractivity contribution in [3.8, 4) is 0 Å². The lowest BCUT2D eigenvalue weighted by molar-refractivity contribution is -0.117. The Morgan fingerprint density at radius 3 is 2.03 bits per heavy atom. The van der Waals surface area contributed by atoms with Crippen LogP contribution in [-0.4, -0.2) is 26.9 Å². The Bertz CT molecular complexity index is 1150. The van der Waals surface area contributed by atoms with E-state index in [2.05, 4.69) is 0 Å². The fraction of sp³-hybridized carbons (Fsp3) is 0.0952. The average molecular weight is 454 g/mol. The Balaban J connectivity index is 2.21. The van der Waals surface area contributed by atoms with Crippen LogP contribution in [0.5, 0.6) is 0 Å². The van der Waals surface area contributed by atoms with Crippen molar-refractivity contribution in [3.05, 3.63) is 95.0 Å². The number of sulfonamides is 1. The summed E-state index contributed by atoms with van der Waals surface area (Å²) in [6.07, 6.45) is -4.85. The van der Waals surface area contributed by atoms with Gasteiger partial charge in [-0.1, -0.05) is 60.1 Å². The summed E-state index contributed by atoms with van der Waals surface area (Å²) in [5.74, 6) is -0.650. The van der Waals surface area contributed by atoms with E-state index in [1.807, 2.05) is 0 Å². The lowest BCUT2D eigenvalue weighted by Crippen LogP contribution is -2.40. The number of alkyl halides is 3. The highest BCUT2D eigenvalue weighted by Gasteiger charge is 2.38. The molecule has 0 aliphatic carbocycles. The van der Waals surface area contributed by atoms with Gasteiger partial charge >= 0.3 is 6.18 Å². The van der Waals surface area contributed by atoms with Gasteiger partial charge in [-0.2, -0.15) is 13.2 Å². The number of anilines is 1. The van der Waals surface area contributed by atoms with E-state index in [1.165, 1.54) is 42.5 Å². The van der Waals surface area contributed by atoms with E-state index in [9.17, 15) is 26.4 Å². The molecule has 3 aromatic rings. The summed E-state index contributed by atoms with van der Waals surface area (Å²) in [6, 6.07) is 18.0. The van der Waals surface area contributed by atoms with Crippen molar-refractivity contribution in [3.63, 3.8) is 0 Å². The molecule has 0 heterocycles. The molecule has 156 valence electrons. The highest BCUT2D eigenvalue weighted by molar-refractivity contribution is 7.92. The van der Waals surface area contributed by atoms with Gasteiger partial charge in [-0.25, -0.2) is 8.42 Å². The molecule has 0 spiro atoms. The highest BCUT2D eigenvalue weighted by Crippen LogP contribution is 2.33. The summed E-state index contributed by atoms with van der Waals surface area (Å²) in [5.41, 5.74) is -0.475. The van der Waals surface area contributed by atoms with Gasteiger partial charge in [-0.3, -0.25) is 9.10 Å². The lowest BCUT2D eigenvalue weighted by Gasteiger charge is -2.27. The number of rotatable bonds is 6. The van der Waals surface area contributed by atoms with E-state index in [0.717, 1.165) is 12.1 Å². The molecule has 0 aromatic heterocycles. The SMILES string of the molecule is O=C(c1ccccc1)c1cc(Cl)ccc1N(CC(F)(F)F)S(=O)(=O)c1ccccc1. The molecule has 0 N–H and O–H groups in total. The van der Waals surface area contributed by atoms with Crippen molar-refractivity contribution in [1.82, 2.24) is 0 Å². The third-order valence-corrected chi connectivity index (χ3v) is 6.17. The number of benzene rings is 3. The zero-order chi connectivity index (χ0) is 21.9. The van der Waals surface area contributed by atoms with Crippen LogP contribution < -0.4 is 4.31 Å². The molecule has 0 atom stereocenters. The number of carbonyl (C=O) groups excluding carboxylic acids is 1. The predicted octanol–water partition coefficient (Wildman–Crippen LogP) is 5.33. The molecule has 0 bridgehead atoms. The minimum Gasteiger partial charge on any atom is -0.289 e. The van der Waals surface area contributed by atoms with Crippen LogP contribution in [0.3, 0.4) is 0 Å². The third-order valence-electron chi connectivity index (χ3n) is 4.16. The molecule has 30 heavy (non-hydrogen) atoms. The van der Waals surface area contributed by atoms with Crippen LogP contribution >= 0.6 is 11.6 Å². The van der Waals surface area contributed by atoms with Gasteiger partial charge in [0.2, 0.25) is 0 Å². The number of nitrogens with zero attached hydrogens (tertiary/aromatic N) is 1. The Kier molecular flexibility index (Phi) is 6.19. The molecule has 4 nitrogen and oxygen atoms in total. The van der Waals surface area contributed by atoms with E-state index < -0.39 is 34.2 Å². The molecular weight excluding hydrogens is 439 g/mol. The average Bonchev–Trinajstić information content (AvgIpc) is 2.72. The molecule has 0 radical (unpaired) electrons. The first kappa shape index (κ1) is 21.9. The Morgan fingerprint density at radius 2 is 1.47 bits per heavy atom. The van der Waals surface area contributed by atoms with Crippen LogP contribution in [0.1, 0.15) is 15.9 Å². The first-order valence-corrected chi connectivity index (χ1v) is 10.5. The molecule has 0 amide bonds. The van der Waals surface area contributed by atoms with Crippen LogP contribution in [0.4, 0.5) is 18.9 Å². The molecule has 3 aromatic carbocycles. The standard InChI is InChI=1S/C21H15ClF3NO3S/c22-16-11-12-19(18(13-16)20(27)15-7-3-1-4-8-15)26(14-21(23,24)25)30(28,29)17-9-5-2-6-10-17/h1-13H,14H2. The molecule has 0 aliphatic rings. The van der Waals surface area contributed by atoms with Crippen molar-refractivity contribution in [2.45, 2.75) is 11.1 Å². The highest BCUT2D eigenvalue weighted by atomic mass is 35.5. The maximum absolute atomic E-state index is 13.4. The first-order chi connectivity index (χ1) is 14.1. The Labute approximate surface area is 176 Å². The first-order valence-electron chi connectivity index (χ1n) is 8.63. The monoisotopic (exact) mass is 453 g/mol. The number of hydrogen-bond acceptors (Lipinski definition) is 3. The summed E-state index contributed by atoms with van der Waals surface area (Å²) in [7, 11) is -4.62. The molecule has 0 saturated carbocycles. The summed E-state index contributed by atoms with van der Waals surface area (Å²) in [4.78, 5) is 12.7. The Morgan fingerprint density at radius 1 is 0.900 bits per heavy atom. The van der Waals surface area contributed by atoms with E-state index >= 15 is 0 Å². The van der Waals surface area contributed by atoms with Gasteiger partial charge in [-0.15, -0.1) is 0 Å². The molecule has 3 rings (SSSR count). The van der Waals surface area contributed by atoms with E-state index in [4.69, 9.17) is 11.6 Å². The fourth-order valence-corrected chi connectivity index (χ4v) is 4.50. The molecule has 0 aliphatic heterocycles. The van der Waals surface area contributed by atoms with Gasteiger partial charge < -0.3 is 0 Å². The maximum atomic E-state index is 13.4. The second-order valence-electron chi connectivity index (χ2n) is 6.30. The summed E-state index contributed by atoms with van der Waals surface area (Å²) >= 11 is 5.98. The van der Waals surface area contributed by atoms with Gasteiger partial charge in [0, 0.05) is 16.1 Å². The normalized spacial score (nSPS) is 11.9. The van der Waals surface area contributed by atoms with E-state index in [1.54, 1.807) is 24.3 Å². The molecule has 0 fully saturated rings. The minimum atomic E-state index is -4.85. The van der Waals surface area contributed by atoms with Crippen molar-refractivity contribution in [2.24, 2.45) is 0 Å². The number of hydrogen-bond donors (Lipinski definition) is 0. The van der Waals surface area contributed by atoms with Crippen molar-refractivity contribution in [1.29, 1.82) is 0 Å². The molecule has 9 heteroatoms. The number of carbonyl (C=O) groups is 1. The maximum Gasteiger partial charge on any atom is 0.407 e. The quantitative estimate of drug-likeness (QED) is 0.474. The van der Waals surface area contributed by atoms with Gasteiger partial charge in [-0.05, 0) is 30.3 Å². The summed E-state index contributed by atoms with van der Waals surface area (Å²) < 4.78 is 66.4. The number of ketones is 1. The Hall–Kier alpha value is -2.84. The van der Waals surface area contributed by atoms with Crippen molar-refractivity contribution in [2.75, 3.05) is 10.8 Å². The van der Waals surface area contributed by atoms with Crippen molar-refractivity contribution < 1.29 is 26.4 Å². The topological polar surface area (TPSA) is 54.5 Å². The minimum absolute atomic E-state index is 0.0853. The van der Waals surface area contributed by atoms with Crippen LogP contribution in [0.25, 0.3) is 0 Å². The van der Waals surface area contributed by atoms with Gasteiger partial charge in [0.15, 0.2) is 5.78 Å². The van der Waals surface area contributed by atoms with E-state index in [0.29, 0.717) is 0 Å². The second-order valence-corrected chi connectivity index (χ2v) is 8.60. The van der Waals surface area contributed by atoms with Crippen LogP contribution in [0.15, 0.2) is 83.8 Å². The zero-order valence-corrected chi connectivity index (χ0v) is 16.9. The number of halogens is 4.